The number of hydrogen-bond acceptors (Lipinski definition) is 3. The standard InChI is InChI=1S/C11H19N3O4/c1-8(15)12-5-6-13-10(18)14-7-11(9(16)17)3-2-4-11/h2-7H2,1H3,(H,12,15)(H,16,17)(H2,13,14,18). The first-order valence-corrected chi connectivity index (χ1v) is 5.96. The highest BCUT2D eigenvalue weighted by atomic mass is 16.4. The number of nitrogens with one attached hydrogen (secondary N) is 3. The van der Waals surface area contributed by atoms with Gasteiger partial charge in [0.15, 0.2) is 0 Å². The molecule has 7 nitrogen and oxygen atoms in total. The number of urea groups is 1. The van der Waals surface area contributed by atoms with Crippen LogP contribution < -0.4 is 16.0 Å². The molecule has 0 saturated heterocycles. The third kappa shape index (κ3) is 3.90. The van der Waals surface area contributed by atoms with Gasteiger partial charge in [-0.3, -0.25) is 9.59 Å². The summed E-state index contributed by atoms with van der Waals surface area (Å²) in [5, 5.41) is 16.7. The normalized spacial score (nSPS) is 16.3. The fourth-order valence-electron chi connectivity index (χ4n) is 1.80. The van der Waals surface area contributed by atoms with Crippen molar-refractivity contribution in [2.24, 2.45) is 5.41 Å². The number of rotatable bonds is 6. The predicted octanol–water partition coefficient (Wildman–Crippen LogP) is -0.323. The lowest BCUT2D eigenvalue weighted by Gasteiger charge is -2.37. The Bertz CT molecular complexity index is 339. The van der Waals surface area contributed by atoms with Gasteiger partial charge in [-0.2, -0.15) is 0 Å². The Kier molecular flexibility index (Phi) is 4.94. The average molecular weight is 257 g/mol. The lowest BCUT2D eigenvalue weighted by molar-refractivity contribution is -0.153. The fourth-order valence-corrected chi connectivity index (χ4v) is 1.80. The first-order valence-electron chi connectivity index (χ1n) is 5.96. The van der Waals surface area contributed by atoms with Gasteiger partial charge in [0.25, 0.3) is 0 Å². The van der Waals surface area contributed by atoms with Crippen LogP contribution in [0.3, 0.4) is 0 Å². The number of carbonyl (C=O) groups excluding carboxylic acids is 2. The molecule has 0 spiro atoms. The van der Waals surface area contributed by atoms with E-state index < -0.39 is 17.4 Å². The van der Waals surface area contributed by atoms with Crippen LogP contribution in [0, 0.1) is 5.41 Å². The molecular formula is C11H19N3O4. The van der Waals surface area contributed by atoms with Crippen molar-refractivity contribution in [2.75, 3.05) is 19.6 Å². The van der Waals surface area contributed by atoms with Crippen LogP contribution in [0.25, 0.3) is 0 Å². The Morgan fingerprint density at radius 2 is 1.72 bits per heavy atom. The van der Waals surface area contributed by atoms with E-state index in [0.717, 1.165) is 6.42 Å². The molecule has 0 unspecified atom stereocenters. The van der Waals surface area contributed by atoms with E-state index in [9.17, 15) is 14.4 Å². The third-order valence-corrected chi connectivity index (χ3v) is 3.14. The third-order valence-electron chi connectivity index (χ3n) is 3.14. The Morgan fingerprint density at radius 3 is 2.17 bits per heavy atom. The molecule has 0 aromatic rings. The van der Waals surface area contributed by atoms with E-state index in [1.165, 1.54) is 6.92 Å². The maximum absolute atomic E-state index is 11.4. The molecule has 0 atom stereocenters. The van der Waals surface area contributed by atoms with Crippen molar-refractivity contribution in [1.82, 2.24) is 16.0 Å². The Balaban J connectivity index is 2.17. The van der Waals surface area contributed by atoms with Crippen LogP contribution in [0.15, 0.2) is 0 Å². The molecule has 0 aromatic carbocycles. The second kappa shape index (κ2) is 6.23. The molecule has 0 bridgehead atoms. The second-order valence-electron chi connectivity index (χ2n) is 4.53. The molecule has 0 aliphatic heterocycles. The Hall–Kier alpha value is -1.79. The minimum Gasteiger partial charge on any atom is -0.481 e. The van der Waals surface area contributed by atoms with Crippen molar-refractivity contribution in [3.63, 3.8) is 0 Å². The molecule has 7 heteroatoms. The van der Waals surface area contributed by atoms with E-state index in [4.69, 9.17) is 5.11 Å². The summed E-state index contributed by atoms with van der Waals surface area (Å²) in [6, 6.07) is -0.409. The SMILES string of the molecule is CC(=O)NCCNC(=O)NCC1(C(=O)O)CCC1. The number of amides is 3. The largest absolute Gasteiger partial charge is 0.481 e. The van der Waals surface area contributed by atoms with Crippen LogP contribution in [0.5, 0.6) is 0 Å². The molecule has 0 heterocycles. The molecule has 102 valence electrons. The van der Waals surface area contributed by atoms with Crippen molar-refractivity contribution in [3.8, 4) is 0 Å². The highest BCUT2D eigenvalue weighted by Gasteiger charge is 2.44. The molecule has 1 rings (SSSR count). The quantitative estimate of drug-likeness (QED) is 0.489. The summed E-state index contributed by atoms with van der Waals surface area (Å²) in [5.74, 6) is -1.01. The average Bonchev–Trinajstić information content (AvgIpc) is 2.22. The molecule has 1 aliphatic rings. The molecule has 3 amide bonds. The lowest BCUT2D eigenvalue weighted by atomic mass is 9.69. The molecular weight excluding hydrogens is 238 g/mol. The van der Waals surface area contributed by atoms with Crippen molar-refractivity contribution < 1.29 is 19.5 Å². The van der Waals surface area contributed by atoms with Gasteiger partial charge >= 0.3 is 12.0 Å². The van der Waals surface area contributed by atoms with Gasteiger partial charge in [0, 0.05) is 26.6 Å². The molecule has 0 aromatic heterocycles. The van der Waals surface area contributed by atoms with E-state index >= 15 is 0 Å². The summed E-state index contributed by atoms with van der Waals surface area (Å²) in [7, 11) is 0. The highest BCUT2D eigenvalue weighted by Crippen LogP contribution is 2.40. The molecule has 4 N–H and O–H groups in total. The monoisotopic (exact) mass is 257 g/mol. The van der Waals surface area contributed by atoms with Gasteiger partial charge < -0.3 is 21.1 Å². The van der Waals surface area contributed by atoms with Gasteiger partial charge in [-0.15, -0.1) is 0 Å². The van der Waals surface area contributed by atoms with Crippen molar-refractivity contribution >= 4 is 17.9 Å². The first-order chi connectivity index (χ1) is 8.46. The van der Waals surface area contributed by atoms with Crippen molar-refractivity contribution in [2.45, 2.75) is 26.2 Å². The van der Waals surface area contributed by atoms with Crippen LogP contribution in [0.2, 0.25) is 0 Å². The maximum atomic E-state index is 11.4. The van der Waals surface area contributed by atoms with Crippen LogP contribution in [-0.2, 0) is 9.59 Å². The number of carboxylic acid groups (broad SMARTS) is 1. The van der Waals surface area contributed by atoms with E-state index in [1.54, 1.807) is 0 Å². The predicted molar refractivity (Wildman–Crippen MR) is 64.0 cm³/mol. The summed E-state index contributed by atoms with van der Waals surface area (Å²) < 4.78 is 0. The summed E-state index contributed by atoms with van der Waals surface area (Å²) in [5.41, 5.74) is -0.783. The molecule has 1 saturated carbocycles. The number of hydrogen-bond donors (Lipinski definition) is 4. The molecule has 0 radical (unpaired) electrons. The topological polar surface area (TPSA) is 108 Å². The van der Waals surface area contributed by atoms with Gasteiger partial charge in [-0.1, -0.05) is 6.42 Å². The Morgan fingerprint density at radius 1 is 1.11 bits per heavy atom. The van der Waals surface area contributed by atoms with Gasteiger partial charge in [-0.05, 0) is 12.8 Å². The fraction of sp³-hybridized carbons (Fsp3) is 0.727. The van der Waals surface area contributed by atoms with E-state index in [2.05, 4.69) is 16.0 Å². The lowest BCUT2D eigenvalue weighted by Crippen LogP contribution is -2.50. The summed E-state index contributed by atoms with van der Waals surface area (Å²) in [6.45, 7) is 2.21. The summed E-state index contributed by atoms with van der Waals surface area (Å²) >= 11 is 0. The minimum absolute atomic E-state index is 0.147. The number of carbonyl (C=O) groups is 3. The summed E-state index contributed by atoms with van der Waals surface area (Å²) in [6.07, 6.45) is 2.10. The molecule has 1 fully saturated rings. The summed E-state index contributed by atoms with van der Waals surface area (Å²) in [4.78, 5) is 33.0. The van der Waals surface area contributed by atoms with Crippen LogP contribution in [0.4, 0.5) is 4.79 Å². The molecule has 1 aliphatic carbocycles. The van der Waals surface area contributed by atoms with Crippen molar-refractivity contribution in [3.05, 3.63) is 0 Å². The Labute approximate surface area is 105 Å². The van der Waals surface area contributed by atoms with Gasteiger partial charge in [0.05, 0.1) is 5.41 Å². The van der Waals surface area contributed by atoms with Crippen LogP contribution in [-0.4, -0.2) is 42.6 Å². The smallest absolute Gasteiger partial charge is 0.314 e. The van der Waals surface area contributed by atoms with Crippen LogP contribution in [0.1, 0.15) is 26.2 Å². The number of carboxylic acids is 1. The van der Waals surface area contributed by atoms with Gasteiger partial charge in [-0.25, -0.2) is 4.79 Å². The van der Waals surface area contributed by atoms with Gasteiger partial charge in [0.1, 0.15) is 0 Å². The zero-order valence-corrected chi connectivity index (χ0v) is 10.4. The van der Waals surface area contributed by atoms with E-state index in [-0.39, 0.29) is 12.5 Å². The first kappa shape index (κ1) is 14.3. The van der Waals surface area contributed by atoms with E-state index in [0.29, 0.717) is 25.9 Å². The second-order valence-corrected chi connectivity index (χ2v) is 4.53. The number of aliphatic carboxylic acids is 1. The van der Waals surface area contributed by atoms with E-state index in [1.807, 2.05) is 0 Å². The minimum atomic E-state index is -0.854. The van der Waals surface area contributed by atoms with Crippen LogP contribution >= 0.6 is 0 Å². The van der Waals surface area contributed by atoms with Gasteiger partial charge in [0.2, 0.25) is 5.91 Å². The zero-order chi connectivity index (χ0) is 13.6. The van der Waals surface area contributed by atoms with Crippen molar-refractivity contribution in [1.29, 1.82) is 0 Å². The zero-order valence-electron chi connectivity index (χ0n) is 10.4. The molecule has 18 heavy (non-hydrogen) atoms. The highest BCUT2D eigenvalue weighted by molar-refractivity contribution is 5.79. The maximum Gasteiger partial charge on any atom is 0.314 e.